The van der Waals surface area contributed by atoms with Crippen LogP contribution in [0.25, 0.3) is 0 Å². The molecule has 15 heavy (non-hydrogen) atoms. The normalized spacial score (nSPS) is 12.7. The molecule has 1 atom stereocenters. The van der Waals surface area contributed by atoms with Crippen molar-refractivity contribution in [2.75, 3.05) is 0 Å². The molecule has 1 heterocycles. The summed E-state index contributed by atoms with van der Waals surface area (Å²) in [6, 6.07) is 3.55. The lowest BCUT2D eigenvalue weighted by atomic mass is 10.0. The van der Waals surface area contributed by atoms with Gasteiger partial charge in [0.15, 0.2) is 0 Å². The smallest absolute Gasteiger partial charge is 0.129 e. The van der Waals surface area contributed by atoms with E-state index in [0.717, 1.165) is 18.4 Å². The van der Waals surface area contributed by atoms with E-state index in [9.17, 15) is 5.11 Å². The summed E-state index contributed by atoms with van der Waals surface area (Å²) in [5, 5.41) is 10.3. The first-order valence-electron chi connectivity index (χ1n) is 5.53. The molecule has 0 saturated carbocycles. The van der Waals surface area contributed by atoms with Crippen LogP contribution in [0.4, 0.5) is 0 Å². The van der Waals surface area contributed by atoms with Gasteiger partial charge in [0, 0.05) is 6.20 Å². The number of hydrogen-bond donors (Lipinski definition) is 1. The zero-order chi connectivity index (χ0) is 11.1. The maximum absolute atomic E-state index is 9.83. The monoisotopic (exact) mass is 227 g/mol. The molecule has 3 heteroatoms. The van der Waals surface area contributed by atoms with E-state index in [1.165, 1.54) is 19.3 Å². The molecule has 1 aromatic heterocycles. The molecule has 0 aliphatic carbocycles. The first kappa shape index (κ1) is 12.5. The van der Waals surface area contributed by atoms with E-state index in [4.69, 9.17) is 11.6 Å². The molecule has 0 aliphatic rings. The standard InChI is InChI=1S/C12H18ClNO/c1-2-3-4-5-6-11(15)10-7-8-12(13)14-9-10/h7-9,11,15H,2-6H2,1H3. The summed E-state index contributed by atoms with van der Waals surface area (Å²) in [5.41, 5.74) is 0.857. The molecule has 0 aromatic carbocycles. The van der Waals surface area contributed by atoms with Crippen molar-refractivity contribution in [2.24, 2.45) is 0 Å². The van der Waals surface area contributed by atoms with E-state index in [1.807, 2.05) is 6.07 Å². The third-order valence-corrected chi connectivity index (χ3v) is 2.69. The summed E-state index contributed by atoms with van der Waals surface area (Å²) >= 11 is 5.67. The van der Waals surface area contributed by atoms with Crippen LogP contribution in [0.2, 0.25) is 5.15 Å². The van der Waals surface area contributed by atoms with Gasteiger partial charge in [0.2, 0.25) is 0 Å². The molecule has 0 amide bonds. The highest BCUT2D eigenvalue weighted by Gasteiger charge is 2.06. The fraction of sp³-hybridized carbons (Fsp3) is 0.583. The van der Waals surface area contributed by atoms with Crippen LogP contribution >= 0.6 is 11.6 Å². The molecule has 0 aliphatic heterocycles. The van der Waals surface area contributed by atoms with Gasteiger partial charge in [-0.3, -0.25) is 0 Å². The van der Waals surface area contributed by atoms with Crippen molar-refractivity contribution in [3.63, 3.8) is 0 Å². The molecule has 1 N–H and O–H groups in total. The van der Waals surface area contributed by atoms with E-state index in [1.54, 1.807) is 12.3 Å². The topological polar surface area (TPSA) is 33.1 Å². The van der Waals surface area contributed by atoms with Gasteiger partial charge in [-0.05, 0) is 18.1 Å². The first-order valence-corrected chi connectivity index (χ1v) is 5.91. The van der Waals surface area contributed by atoms with Gasteiger partial charge in [-0.15, -0.1) is 0 Å². The van der Waals surface area contributed by atoms with Crippen molar-refractivity contribution in [3.05, 3.63) is 29.0 Å². The van der Waals surface area contributed by atoms with E-state index < -0.39 is 6.10 Å². The highest BCUT2D eigenvalue weighted by Crippen LogP contribution is 2.20. The fourth-order valence-corrected chi connectivity index (χ4v) is 1.63. The third kappa shape index (κ3) is 4.63. The fourth-order valence-electron chi connectivity index (χ4n) is 1.52. The quantitative estimate of drug-likeness (QED) is 0.593. The summed E-state index contributed by atoms with van der Waals surface area (Å²) < 4.78 is 0. The van der Waals surface area contributed by atoms with Crippen molar-refractivity contribution in [2.45, 2.75) is 45.1 Å². The maximum atomic E-state index is 9.83. The van der Waals surface area contributed by atoms with E-state index >= 15 is 0 Å². The lowest BCUT2D eigenvalue weighted by Gasteiger charge is -2.09. The van der Waals surface area contributed by atoms with Gasteiger partial charge in [-0.25, -0.2) is 4.98 Å². The van der Waals surface area contributed by atoms with Gasteiger partial charge in [0.05, 0.1) is 6.10 Å². The number of rotatable bonds is 6. The Morgan fingerprint density at radius 2 is 2.13 bits per heavy atom. The predicted octanol–water partition coefficient (Wildman–Crippen LogP) is 3.74. The number of hydrogen-bond acceptors (Lipinski definition) is 2. The van der Waals surface area contributed by atoms with Gasteiger partial charge < -0.3 is 5.11 Å². The SMILES string of the molecule is CCCCCCC(O)c1ccc(Cl)nc1. The summed E-state index contributed by atoms with van der Waals surface area (Å²) in [4.78, 5) is 3.95. The van der Waals surface area contributed by atoms with Crippen LogP contribution in [-0.2, 0) is 0 Å². The van der Waals surface area contributed by atoms with Crippen molar-refractivity contribution < 1.29 is 5.11 Å². The van der Waals surface area contributed by atoms with Crippen LogP contribution in [0.1, 0.15) is 50.7 Å². The van der Waals surface area contributed by atoms with Gasteiger partial charge in [-0.2, -0.15) is 0 Å². The number of aliphatic hydroxyl groups excluding tert-OH is 1. The zero-order valence-corrected chi connectivity index (χ0v) is 9.87. The van der Waals surface area contributed by atoms with Crippen molar-refractivity contribution in [1.82, 2.24) is 4.98 Å². The van der Waals surface area contributed by atoms with Crippen molar-refractivity contribution in [3.8, 4) is 0 Å². The molecule has 2 nitrogen and oxygen atoms in total. The van der Waals surface area contributed by atoms with Gasteiger partial charge in [-0.1, -0.05) is 50.3 Å². The molecule has 1 unspecified atom stereocenters. The molecule has 0 saturated heterocycles. The van der Waals surface area contributed by atoms with Crippen molar-refractivity contribution in [1.29, 1.82) is 0 Å². The summed E-state index contributed by atoms with van der Waals surface area (Å²) in [6.07, 6.45) is 6.78. The molecule has 84 valence electrons. The highest BCUT2D eigenvalue weighted by atomic mass is 35.5. The Balaban J connectivity index is 2.33. The molecule has 0 bridgehead atoms. The van der Waals surface area contributed by atoms with Crippen LogP contribution in [0, 0.1) is 0 Å². The predicted molar refractivity (Wildman–Crippen MR) is 63.0 cm³/mol. The number of unbranched alkanes of at least 4 members (excludes halogenated alkanes) is 3. The third-order valence-electron chi connectivity index (χ3n) is 2.47. The van der Waals surface area contributed by atoms with Crippen LogP contribution < -0.4 is 0 Å². The highest BCUT2D eigenvalue weighted by molar-refractivity contribution is 6.29. The molecule has 0 spiro atoms. The molecule has 0 fully saturated rings. The minimum absolute atomic E-state index is 0.397. The average molecular weight is 228 g/mol. The minimum atomic E-state index is -0.397. The number of halogens is 1. The Morgan fingerprint density at radius 1 is 1.33 bits per heavy atom. The lowest BCUT2D eigenvalue weighted by Crippen LogP contribution is -1.97. The molecule has 0 radical (unpaired) electrons. The first-order chi connectivity index (χ1) is 7.24. The Hall–Kier alpha value is -0.600. The van der Waals surface area contributed by atoms with E-state index in [-0.39, 0.29) is 0 Å². The van der Waals surface area contributed by atoms with E-state index in [0.29, 0.717) is 5.15 Å². The maximum Gasteiger partial charge on any atom is 0.129 e. The van der Waals surface area contributed by atoms with Gasteiger partial charge in [0.1, 0.15) is 5.15 Å². The second-order valence-corrected chi connectivity index (χ2v) is 4.17. The number of aliphatic hydroxyl groups is 1. The van der Waals surface area contributed by atoms with E-state index in [2.05, 4.69) is 11.9 Å². The largest absolute Gasteiger partial charge is 0.388 e. The summed E-state index contributed by atoms with van der Waals surface area (Å²) in [6.45, 7) is 2.18. The molecular weight excluding hydrogens is 210 g/mol. The summed E-state index contributed by atoms with van der Waals surface area (Å²) in [5.74, 6) is 0. The average Bonchev–Trinajstić information content (AvgIpc) is 2.25. The number of aromatic nitrogens is 1. The van der Waals surface area contributed by atoms with Crippen molar-refractivity contribution >= 4 is 11.6 Å². The lowest BCUT2D eigenvalue weighted by molar-refractivity contribution is 0.163. The molecular formula is C12H18ClNO. The summed E-state index contributed by atoms with van der Waals surface area (Å²) in [7, 11) is 0. The Bertz CT molecular complexity index is 273. The van der Waals surface area contributed by atoms with Crippen LogP contribution in [-0.4, -0.2) is 10.1 Å². The van der Waals surface area contributed by atoms with Gasteiger partial charge in [0.25, 0.3) is 0 Å². The second kappa shape index (κ2) is 6.81. The van der Waals surface area contributed by atoms with Crippen LogP contribution in [0.5, 0.6) is 0 Å². The Kier molecular flexibility index (Phi) is 5.66. The Labute approximate surface area is 96.3 Å². The van der Waals surface area contributed by atoms with Crippen LogP contribution in [0.15, 0.2) is 18.3 Å². The van der Waals surface area contributed by atoms with Crippen LogP contribution in [0.3, 0.4) is 0 Å². The van der Waals surface area contributed by atoms with Gasteiger partial charge >= 0.3 is 0 Å². The Morgan fingerprint density at radius 3 is 2.73 bits per heavy atom. The second-order valence-electron chi connectivity index (χ2n) is 3.78. The zero-order valence-electron chi connectivity index (χ0n) is 9.12. The molecule has 1 rings (SSSR count). The minimum Gasteiger partial charge on any atom is -0.388 e. The molecule has 1 aromatic rings. The number of nitrogens with zero attached hydrogens (tertiary/aromatic N) is 1. The number of pyridine rings is 1.